The third-order valence-electron chi connectivity index (χ3n) is 3.85. The van der Waals surface area contributed by atoms with Crippen molar-refractivity contribution >= 4 is 34.9 Å². The van der Waals surface area contributed by atoms with E-state index in [1.54, 1.807) is 13.8 Å². The summed E-state index contributed by atoms with van der Waals surface area (Å²) in [4.78, 5) is 48.8. The van der Waals surface area contributed by atoms with Crippen LogP contribution in [0.4, 0.5) is 4.79 Å². The molecular weight excluding hydrogens is 404 g/mol. The van der Waals surface area contributed by atoms with Gasteiger partial charge in [-0.1, -0.05) is 13.8 Å². The molecule has 1 fully saturated rings. The molecule has 1 N–H and O–H groups in total. The van der Waals surface area contributed by atoms with E-state index in [1.807, 2.05) is 0 Å². The average Bonchev–Trinajstić information content (AvgIpc) is 2.68. The number of morpholine rings is 1. The van der Waals surface area contributed by atoms with Crippen molar-refractivity contribution in [1.82, 2.24) is 10.2 Å². The minimum atomic E-state index is -0.980. The molecule has 1 aliphatic heterocycles. The molecule has 0 bridgehead atoms. The number of hydrogen-bond acceptors (Lipinski definition) is 10. The van der Waals surface area contributed by atoms with Crippen molar-refractivity contribution in [3.63, 3.8) is 0 Å². The molecule has 29 heavy (non-hydrogen) atoms. The Morgan fingerprint density at radius 3 is 2.38 bits per heavy atom. The van der Waals surface area contributed by atoms with Crippen molar-refractivity contribution in [3.05, 3.63) is 0 Å². The molecule has 0 aliphatic carbocycles. The quantitative estimate of drug-likeness (QED) is 0.284. The first-order valence-corrected chi connectivity index (χ1v) is 10.5. The first kappa shape index (κ1) is 25.2. The van der Waals surface area contributed by atoms with Crippen LogP contribution >= 0.6 is 11.8 Å². The monoisotopic (exact) mass is 434 g/mol. The zero-order valence-corrected chi connectivity index (χ0v) is 18.0. The Kier molecular flexibility index (Phi) is 12.3. The molecular formula is C18H30N2O8S. The topological polar surface area (TPSA) is 120 Å². The lowest BCUT2D eigenvalue weighted by Gasteiger charge is -2.26. The van der Waals surface area contributed by atoms with Crippen LogP contribution in [0.1, 0.15) is 27.2 Å². The van der Waals surface area contributed by atoms with Gasteiger partial charge in [0, 0.05) is 32.3 Å². The molecule has 1 aliphatic rings. The van der Waals surface area contributed by atoms with Gasteiger partial charge in [0.25, 0.3) is 0 Å². The highest BCUT2D eigenvalue weighted by Gasteiger charge is 2.23. The predicted molar refractivity (Wildman–Crippen MR) is 105 cm³/mol. The summed E-state index contributed by atoms with van der Waals surface area (Å²) in [5.41, 5.74) is 0. The molecule has 1 saturated heterocycles. The van der Waals surface area contributed by atoms with Gasteiger partial charge < -0.3 is 24.3 Å². The van der Waals surface area contributed by atoms with Gasteiger partial charge in [0.1, 0.15) is 6.04 Å². The lowest BCUT2D eigenvalue weighted by Crippen LogP contribution is -2.43. The molecule has 166 valence electrons. The third kappa shape index (κ3) is 11.7. The van der Waals surface area contributed by atoms with E-state index < -0.39 is 36.0 Å². The van der Waals surface area contributed by atoms with Gasteiger partial charge in [-0.3, -0.25) is 14.5 Å². The van der Waals surface area contributed by atoms with E-state index in [4.69, 9.17) is 18.9 Å². The van der Waals surface area contributed by atoms with Gasteiger partial charge in [0.2, 0.25) is 12.7 Å². The molecule has 1 amide bonds. The number of ether oxygens (including phenoxy) is 4. The minimum absolute atomic E-state index is 0.0567. The van der Waals surface area contributed by atoms with Crippen LogP contribution < -0.4 is 5.32 Å². The van der Waals surface area contributed by atoms with Gasteiger partial charge >= 0.3 is 17.2 Å². The standard InChI is InChI=1S/C18H30N2O8S/c1-13(2)16(22)27-12-28-18(24)29-11-15(19-14(3)21)17(23)26-8-4-5-20-6-9-25-10-7-20/h13,15H,4-12H2,1-3H3,(H,19,21)/t15-/m0/s1. The summed E-state index contributed by atoms with van der Waals surface area (Å²) in [6.45, 7) is 8.20. The van der Waals surface area contributed by atoms with Crippen LogP contribution in [0.5, 0.6) is 0 Å². The fraction of sp³-hybridized carbons (Fsp3) is 0.778. The molecule has 0 aromatic rings. The van der Waals surface area contributed by atoms with Crippen LogP contribution in [0.3, 0.4) is 0 Å². The SMILES string of the molecule is CC(=O)N[C@@H](CSC(=O)OCOC(=O)C(C)C)C(=O)OCCCN1CCOCC1. The number of hydrogen-bond donors (Lipinski definition) is 1. The zero-order valence-electron chi connectivity index (χ0n) is 17.1. The highest BCUT2D eigenvalue weighted by Crippen LogP contribution is 2.10. The maximum Gasteiger partial charge on any atom is 0.370 e. The van der Waals surface area contributed by atoms with Gasteiger partial charge in [-0.25, -0.2) is 9.59 Å². The Morgan fingerprint density at radius 2 is 1.76 bits per heavy atom. The van der Waals surface area contributed by atoms with Crippen LogP contribution in [-0.2, 0) is 33.3 Å². The van der Waals surface area contributed by atoms with Gasteiger partial charge in [-0.05, 0) is 18.2 Å². The van der Waals surface area contributed by atoms with E-state index in [-0.39, 0.29) is 18.3 Å². The summed E-state index contributed by atoms with van der Waals surface area (Å²) in [5, 5.41) is 1.74. The highest BCUT2D eigenvalue weighted by molar-refractivity contribution is 8.13. The van der Waals surface area contributed by atoms with Crippen LogP contribution in [0, 0.1) is 5.92 Å². The molecule has 0 radical (unpaired) electrons. The number of thioether (sulfide) groups is 1. The lowest BCUT2D eigenvalue weighted by atomic mass is 10.2. The lowest BCUT2D eigenvalue weighted by molar-refractivity contribution is -0.155. The Labute approximate surface area is 174 Å². The zero-order chi connectivity index (χ0) is 21.6. The molecule has 0 unspecified atom stereocenters. The van der Waals surface area contributed by atoms with Crippen LogP contribution in [0.15, 0.2) is 0 Å². The van der Waals surface area contributed by atoms with Gasteiger partial charge in [0.05, 0.1) is 25.7 Å². The molecule has 1 rings (SSSR count). The van der Waals surface area contributed by atoms with E-state index in [2.05, 4.69) is 10.2 Å². The molecule has 0 saturated carbocycles. The fourth-order valence-corrected chi connectivity index (χ4v) is 2.95. The van der Waals surface area contributed by atoms with E-state index in [9.17, 15) is 19.2 Å². The Morgan fingerprint density at radius 1 is 1.07 bits per heavy atom. The van der Waals surface area contributed by atoms with Crippen molar-refractivity contribution in [2.75, 3.05) is 52.0 Å². The van der Waals surface area contributed by atoms with Crippen LogP contribution in [-0.4, -0.2) is 86.1 Å². The van der Waals surface area contributed by atoms with E-state index in [0.29, 0.717) is 31.4 Å². The first-order chi connectivity index (χ1) is 13.8. The van der Waals surface area contributed by atoms with Crippen molar-refractivity contribution < 1.29 is 38.1 Å². The molecule has 1 atom stereocenters. The fourth-order valence-electron chi connectivity index (χ4n) is 2.30. The van der Waals surface area contributed by atoms with Crippen molar-refractivity contribution in [2.45, 2.75) is 33.2 Å². The summed E-state index contributed by atoms with van der Waals surface area (Å²) in [6.07, 6.45) is 0.662. The Hall–Kier alpha value is -1.85. The number of carbonyl (C=O) groups excluding carboxylic acids is 4. The second-order valence-corrected chi connectivity index (χ2v) is 7.62. The second kappa shape index (κ2) is 14.2. The van der Waals surface area contributed by atoms with Gasteiger partial charge in [0.15, 0.2) is 0 Å². The maximum absolute atomic E-state index is 12.2. The van der Waals surface area contributed by atoms with Gasteiger partial charge in [-0.15, -0.1) is 0 Å². The van der Waals surface area contributed by atoms with Crippen molar-refractivity contribution in [3.8, 4) is 0 Å². The molecule has 0 aromatic carbocycles. The summed E-state index contributed by atoms with van der Waals surface area (Å²) in [6, 6.07) is -0.980. The largest absolute Gasteiger partial charge is 0.464 e. The summed E-state index contributed by atoms with van der Waals surface area (Å²) in [7, 11) is 0. The van der Waals surface area contributed by atoms with Crippen molar-refractivity contribution in [1.29, 1.82) is 0 Å². The maximum atomic E-state index is 12.2. The third-order valence-corrected chi connectivity index (χ3v) is 4.70. The number of nitrogens with one attached hydrogen (secondary N) is 1. The van der Waals surface area contributed by atoms with Crippen LogP contribution in [0.25, 0.3) is 0 Å². The second-order valence-electron chi connectivity index (χ2n) is 6.67. The van der Waals surface area contributed by atoms with E-state index in [1.165, 1.54) is 6.92 Å². The number of carbonyl (C=O) groups is 4. The predicted octanol–water partition coefficient (Wildman–Crippen LogP) is 0.783. The van der Waals surface area contributed by atoms with Gasteiger partial charge in [-0.2, -0.15) is 0 Å². The smallest absolute Gasteiger partial charge is 0.370 e. The first-order valence-electron chi connectivity index (χ1n) is 9.49. The summed E-state index contributed by atoms with van der Waals surface area (Å²) < 4.78 is 20.0. The number of nitrogens with zero attached hydrogens (tertiary/aromatic N) is 1. The van der Waals surface area contributed by atoms with Crippen molar-refractivity contribution in [2.24, 2.45) is 5.92 Å². The number of esters is 2. The molecule has 0 spiro atoms. The molecule has 0 aromatic heterocycles. The number of amides is 1. The normalized spacial score (nSPS) is 15.4. The molecule has 11 heteroatoms. The number of rotatable bonds is 11. The van der Waals surface area contributed by atoms with E-state index >= 15 is 0 Å². The van der Waals surface area contributed by atoms with Crippen LogP contribution in [0.2, 0.25) is 0 Å². The highest BCUT2D eigenvalue weighted by atomic mass is 32.2. The summed E-state index contributed by atoms with van der Waals surface area (Å²) in [5.74, 6) is -1.91. The minimum Gasteiger partial charge on any atom is -0.464 e. The Balaban J connectivity index is 2.29. The Bertz CT molecular complexity index is 552. The van der Waals surface area contributed by atoms with E-state index in [0.717, 1.165) is 19.6 Å². The molecule has 10 nitrogen and oxygen atoms in total. The average molecular weight is 435 g/mol. The molecule has 1 heterocycles. The summed E-state index contributed by atoms with van der Waals surface area (Å²) >= 11 is 0.687.